The molecule has 0 radical (unpaired) electrons. The van der Waals surface area contributed by atoms with Gasteiger partial charge in [-0.05, 0) is 13.0 Å². The molecule has 0 aliphatic heterocycles. The van der Waals surface area contributed by atoms with Crippen LogP contribution < -0.4 is 16.6 Å². The van der Waals surface area contributed by atoms with Gasteiger partial charge in [-0.25, -0.2) is 10.8 Å². The Morgan fingerprint density at radius 3 is 3.00 bits per heavy atom. The highest BCUT2D eigenvalue weighted by Gasteiger charge is 2.06. The Morgan fingerprint density at radius 1 is 1.62 bits per heavy atom. The molecular formula is C9H16N6O. The Balaban J connectivity index is 2.51. The smallest absolute Gasteiger partial charge is 0.241 e. The van der Waals surface area contributed by atoms with Crippen molar-refractivity contribution < 1.29 is 4.79 Å². The number of anilines is 2. The van der Waals surface area contributed by atoms with Crippen molar-refractivity contribution in [3.63, 3.8) is 0 Å². The van der Waals surface area contributed by atoms with Gasteiger partial charge in [0.2, 0.25) is 11.9 Å². The van der Waals surface area contributed by atoms with Gasteiger partial charge in [-0.3, -0.25) is 10.2 Å². The average molecular weight is 224 g/mol. The third kappa shape index (κ3) is 3.35. The molecule has 16 heavy (non-hydrogen) atoms. The maximum absolute atomic E-state index is 11.5. The lowest BCUT2D eigenvalue weighted by Crippen LogP contribution is -2.32. The second-order valence-electron chi connectivity index (χ2n) is 3.17. The van der Waals surface area contributed by atoms with E-state index in [9.17, 15) is 4.79 Å². The van der Waals surface area contributed by atoms with Crippen LogP contribution in [0.25, 0.3) is 0 Å². The summed E-state index contributed by atoms with van der Waals surface area (Å²) in [6, 6.07) is 1.67. The van der Waals surface area contributed by atoms with Crippen LogP contribution in [0.4, 0.5) is 11.8 Å². The molecule has 0 spiro atoms. The van der Waals surface area contributed by atoms with Crippen molar-refractivity contribution in [1.29, 1.82) is 0 Å². The molecule has 7 heteroatoms. The highest BCUT2D eigenvalue weighted by molar-refractivity contribution is 5.80. The summed E-state index contributed by atoms with van der Waals surface area (Å²) in [5.41, 5.74) is 2.33. The molecule has 0 fully saturated rings. The van der Waals surface area contributed by atoms with Crippen molar-refractivity contribution in [1.82, 2.24) is 14.9 Å². The van der Waals surface area contributed by atoms with E-state index >= 15 is 0 Å². The first-order chi connectivity index (χ1) is 7.67. The second kappa shape index (κ2) is 5.86. The SMILES string of the molecule is CCN(C)C(=O)CNc1ccnc(NN)n1. The quantitative estimate of drug-likeness (QED) is 0.467. The van der Waals surface area contributed by atoms with Crippen molar-refractivity contribution >= 4 is 17.7 Å². The minimum atomic E-state index is 0.00312. The third-order valence-electron chi connectivity index (χ3n) is 2.11. The second-order valence-corrected chi connectivity index (χ2v) is 3.17. The van der Waals surface area contributed by atoms with Gasteiger partial charge in [0.1, 0.15) is 5.82 Å². The molecule has 0 aromatic carbocycles. The molecule has 0 saturated heterocycles. The zero-order chi connectivity index (χ0) is 12.0. The molecule has 7 nitrogen and oxygen atoms in total. The molecule has 0 bridgehead atoms. The fourth-order valence-corrected chi connectivity index (χ4v) is 1.00. The fraction of sp³-hybridized carbons (Fsp3) is 0.444. The van der Waals surface area contributed by atoms with Crippen LogP contribution in [0.1, 0.15) is 6.92 Å². The zero-order valence-electron chi connectivity index (χ0n) is 9.40. The Morgan fingerprint density at radius 2 is 2.38 bits per heavy atom. The Hall–Kier alpha value is -1.89. The number of hydrazine groups is 1. The van der Waals surface area contributed by atoms with Gasteiger partial charge in [0.05, 0.1) is 6.54 Å². The van der Waals surface area contributed by atoms with Gasteiger partial charge in [-0.1, -0.05) is 0 Å². The Kier molecular flexibility index (Phi) is 4.46. The van der Waals surface area contributed by atoms with Gasteiger partial charge < -0.3 is 10.2 Å². The van der Waals surface area contributed by atoms with Crippen LogP contribution in [-0.4, -0.2) is 40.9 Å². The van der Waals surface area contributed by atoms with E-state index in [1.807, 2.05) is 6.92 Å². The molecule has 1 aromatic heterocycles. The molecule has 0 aliphatic carbocycles. The monoisotopic (exact) mass is 224 g/mol. The van der Waals surface area contributed by atoms with Crippen LogP contribution >= 0.6 is 0 Å². The number of rotatable bonds is 5. The maximum Gasteiger partial charge on any atom is 0.241 e. The standard InChI is InChI=1S/C9H16N6O/c1-3-15(2)8(16)6-12-7-4-5-11-9(13-7)14-10/h4-5H,3,6,10H2,1-2H3,(H2,11,12,13,14). The van der Waals surface area contributed by atoms with Gasteiger partial charge in [0.25, 0.3) is 0 Å². The van der Waals surface area contributed by atoms with Gasteiger partial charge in [0, 0.05) is 19.8 Å². The van der Waals surface area contributed by atoms with Crippen LogP contribution in [0.5, 0.6) is 0 Å². The number of likely N-dealkylation sites (N-methyl/N-ethyl adjacent to an activating group) is 1. The number of carbonyl (C=O) groups is 1. The van der Waals surface area contributed by atoms with Crippen LogP contribution in [0, 0.1) is 0 Å². The molecule has 1 rings (SSSR count). The molecule has 0 saturated carbocycles. The van der Waals surface area contributed by atoms with Crippen LogP contribution in [0.15, 0.2) is 12.3 Å². The molecule has 0 unspecified atom stereocenters. The summed E-state index contributed by atoms with van der Waals surface area (Å²) in [6.45, 7) is 2.80. The summed E-state index contributed by atoms with van der Waals surface area (Å²) < 4.78 is 0. The van der Waals surface area contributed by atoms with Crippen molar-refractivity contribution in [2.24, 2.45) is 5.84 Å². The van der Waals surface area contributed by atoms with Gasteiger partial charge in [0.15, 0.2) is 0 Å². The van der Waals surface area contributed by atoms with Crippen LogP contribution in [-0.2, 0) is 4.79 Å². The van der Waals surface area contributed by atoms with E-state index in [0.717, 1.165) is 0 Å². The summed E-state index contributed by atoms with van der Waals surface area (Å²) >= 11 is 0. The number of nitrogens with zero attached hydrogens (tertiary/aromatic N) is 3. The first-order valence-electron chi connectivity index (χ1n) is 4.95. The number of nitrogens with two attached hydrogens (primary N) is 1. The third-order valence-corrected chi connectivity index (χ3v) is 2.11. The summed E-state index contributed by atoms with van der Waals surface area (Å²) in [7, 11) is 1.75. The average Bonchev–Trinajstić information content (AvgIpc) is 2.35. The molecule has 1 amide bonds. The molecule has 0 atom stereocenters. The van der Waals surface area contributed by atoms with E-state index < -0.39 is 0 Å². The molecule has 1 heterocycles. The van der Waals surface area contributed by atoms with Gasteiger partial charge in [-0.15, -0.1) is 0 Å². The maximum atomic E-state index is 11.5. The summed E-state index contributed by atoms with van der Waals surface area (Å²) in [5.74, 6) is 6.03. The normalized spacial score (nSPS) is 9.69. The predicted molar refractivity (Wildman–Crippen MR) is 61.6 cm³/mol. The van der Waals surface area contributed by atoms with Crippen LogP contribution in [0.2, 0.25) is 0 Å². The van der Waals surface area contributed by atoms with E-state index in [-0.39, 0.29) is 12.5 Å². The number of nitrogen functional groups attached to an aromatic ring is 1. The van der Waals surface area contributed by atoms with Crippen molar-refractivity contribution in [3.05, 3.63) is 12.3 Å². The van der Waals surface area contributed by atoms with Crippen molar-refractivity contribution in [2.45, 2.75) is 6.92 Å². The van der Waals surface area contributed by atoms with Gasteiger partial charge in [-0.2, -0.15) is 4.98 Å². The first kappa shape index (κ1) is 12.2. The Bertz CT molecular complexity index is 356. The number of amides is 1. The van der Waals surface area contributed by atoms with Crippen molar-refractivity contribution in [2.75, 3.05) is 30.9 Å². The lowest BCUT2D eigenvalue weighted by Gasteiger charge is -2.14. The van der Waals surface area contributed by atoms with Gasteiger partial charge >= 0.3 is 0 Å². The molecule has 88 valence electrons. The fourth-order valence-electron chi connectivity index (χ4n) is 1.00. The lowest BCUT2D eigenvalue weighted by atomic mass is 10.4. The minimum Gasteiger partial charge on any atom is -0.361 e. The number of carbonyl (C=O) groups excluding carboxylic acids is 1. The highest BCUT2D eigenvalue weighted by Crippen LogP contribution is 2.03. The van der Waals surface area contributed by atoms with E-state index in [1.54, 1.807) is 24.2 Å². The first-order valence-corrected chi connectivity index (χ1v) is 4.95. The molecule has 4 N–H and O–H groups in total. The number of hydrogen-bond acceptors (Lipinski definition) is 6. The highest BCUT2D eigenvalue weighted by atomic mass is 16.2. The lowest BCUT2D eigenvalue weighted by molar-refractivity contribution is -0.127. The van der Waals surface area contributed by atoms with Crippen LogP contribution in [0.3, 0.4) is 0 Å². The number of nitrogens with one attached hydrogen (secondary N) is 2. The summed E-state index contributed by atoms with van der Waals surface area (Å²) in [6.07, 6.45) is 1.55. The van der Waals surface area contributed by atoms with E-state index in [2.05, 4.69) is 20.7 Å². The minimum absolute atomic E-state index is 0.00312. The topological polar surface area (TPSA) is 96.2 Å². The number of aromatic nitrogens is 2. The zero-order valence-corrected chi connectivity index (χ0v) is 9.40. The van der Waals surface area contributed by atoms with E-state index in [0.29, 0.717) is 18.3 Å². The van der Waals surface area contributed by atoms with E-state index in [1.165, 1.54) is 0 Å². The molecule has 1 aromatic rings. The number of hydrogen-bond donors (Lipinski definition) is 3. The molecular weight excluding hydrogens is 208 g/mol. The predicted octanol–water partition coefficient (Wildman–Crippen LogP) is -0.348. The van der Waals surface area contributed by atoms with E-state index in [4.69, 9.17) is 5.84 Å². The van der Waals surface area contributed by atoms with Crippen molar-refractivity contribution in [3.8, 4) is 0 Å². The Labute approximate surface area is 94.0 Å². The largest absolute Gasteiger partial charge is 0.361 e. The summed E-state index contributed by atoms with van der Waals surface area (Å²) in [5, 5.41) is 2.90. The summed E-state index contributed by atoms with van der Waals surface area (Å²) in [4.78, 5) is 21.0. The molecule has 0 aliphatic rings.